The predicted octanol–water partition coefficient (Wildman–Crippen LogP) is 2.80. The Labute approximate surface area is 155 Å². The van der Waals surface area contributed by atoms with Gasteiger partial charge in [-0.25, -0.2) is 4.98 Å². The number of hydrogen-bond acceptors (Lipinski definition) is 6. The van der Waals surface area contributed by atoms with Gasteiger partial charge in [0.2, 0.25) is 0 Å². The summed E-state index contributed by atoms with van der Waals surface area (Å²) in [5, 5.41) is 18.6. The van der Waals surface area contributed by atoms with Crippen LogP contribution in [0.2, 0.25) is 0 Å². The number of benzene rings is 2. The van der Waals surface area contributed by atoms with Gasteiger partial charge in [-0.2, -0.15) is 0 Å². The third-order valence-electron chi connectivity index (χ3n) is 4.98. The van der Waals surface area contributed by atoms with E-state index in [-0.39, 0.29) is 5.75 Å². The first-order valence-corrected chi connectivity index (χ1v) is 8.82. The van der Waals surface area contributed by atoms with Gasteiger partial charge in [0.1, 0.15) is 28.3 Å². The van der Waals surface area contributed by atoms with Gasteiger partial charge < -0.3 is 20.3 Å². The Kier molecular flexibility index (Phi) is 3.46. The summed E-state index contributed by atoms with van der Waals surface area (Å²) in [5.74, 6) is 1.42. The zero-order valence-electron chi connectivity index (χ0n) is 14.6. The maximum atomic E-state index is 10.2. The topological polar surface area (TPSA) is 93.1 Å². The fraction of sp³-hybridized carbons (Fsp3) is 0.150. The van der Waals surface area contributed by atoms with Crippen LogP contribution in [-0.2, 0) is 13.1 Å². The van der Waals surface area contributed by atoms with E-state index in [1.807, 2.05) is 30.3 Å². The van der Waals surface area contributed by atoms with E-state index in [0.29, 0.717) is 29.1 Å². The van der Waals surface area contributed by atoms with Crippen LogP contribution < -0.4 is 10.6 Å². The predicted molar refractivity (Wildman–Crippen MR) is 104 cm³/mol. The molecule has 0 fully saturated rings. The minimum absolute atomic E-state index is 0.148. The molecular formula is C20H18N6O. The maximum absolute atomic E-state index is 10.2. The first kappa shape index (κ1) is 15.6. The van der Waals surface area contributed by atoms with Crippen molar-refractivity contribution >= 4 is 22.5 Å². The van der Waals surface area contributed by atoms with Crippen molar-refractivity contribution in [3.8, 4) is 17.0 Å². The average molecular weight is 358 g/mol. The molecule has 0 bridgehead atoms. The second kappa shape index (κ2) is 5.98. The normalized spacial score (nSPS) is 13.7. The number of hydrogen-bond donors (Lipinski definition) is 2. The summed E-state index contributed by atoms with van der Waals surface area (Å²) in [4.78, 5) is 7.12. The van der Waals surface area contributed by atoms with Crippen molar-refractivity contribution in [2.45, 2.75) is 13.1 Å². The lowest BCUT2D eigenvalue weighted by atomic mass is 10.1. The van der Waals surface area contributed by atoms with E-state index in [4.69, 9.17) is 10.7 Å². The summed E-state index contributed by atoms with van der Waals surface area (Å²) in [7, 11) is 0. The van der Waals surface area contributed by atoms with Gasteiger partial charge in [0.05, 0.1) is 6.54 Å². The number of phenolic OH excluding ortho intramolecular Hbond substituents is 1. The number of anilines is 2. The zero-order chi connectivity index (χ0) is 18.4. The Hall–Kier alpha value is -3.61. The summed E-state index contributed by atoms with van der Waals surface area (Å²) in [5.41, 5.74) is 9.92. The largest absolute Gasteiger partial charge is 0.507 e. The number of aromatic hydroxyl groups is 1. The van der Waals surface area contributed by atoms with Crippen molar-refractivity contribution in [3.05, 3.63) is 60.4 Å². The molecule has 1 aliphatic heterocycles. The first-order chi connectivity index (χ1) is 13.2. The first-order valence-electron chi connectivity index (χ1n) is 8.82. The highest BCUT2D eigenvalue weighted by Gasteiger charge is 2.25. The van der Waals surface area contributed by atoms with Gasteiger partial charge in [0.15, 0.2) is 5.82 Å². The van der Waals surface area contributed by atoms with Crippen LogP contribution in [0.15, 0.2) is 54.6 Å². The van der Waals surface area contributed by atoms with Gasteiger partial charge >= 0.3 is 0 Å². The van der Waals surface area contributed by atoms with E-state index < -0.39 is 0 Å². The van der Waals surface area contributed by atoms with E-state index >= 15 is 0 Å². The fourth-order valence-corrected chi connectivity index (χ4v) is 3.67. The highest BCUT2D eigenvalue weighted by molar-refractivity contribution is 5.96. The molecule has 0 saturated carbocycles. The number of para-hydroxylation sites is 2. The van der Waals surface area contributed by atoms with Gasteiger partial charge in [-0.15, -0.1) is 10.2 Å². The summed E-state index contributed by atoms with van der Waals surface area (Å²) in [6, 6.07) is 17.4. The lowest BCUT2D eigenvalue weighted by Gasteiger charge is -2.29. The van der Waals surface area contributed by atoms with E-state index in [0.717, 1.165) is 24.4 Å². The van der Waals surface area contributed by atoms with Gasteiger partial charge in [-0.1, -0.05) is 30.3 Å². The van der Waals surface area contributed by atoms with E-state index in [9.17, 15) is 5.11 Å². The van der Waals surface area contributed by atoms with Crippen molar-refractivity contribution in [2.24, 2.45) is 0 Å². The Bertz CT molecular complexity index is 1140. The summed E-state index contributed by atoms with van der Waals surface area (Å²) in [6.07, 6.45) is 0. The van der Waals surface area contributed by atoms with Crippen LogP contribution in [0.5, 0.6) is 5.75 Å². The summed E-state index contributed by atoms with van der Waals surface area (Å²) in [6.45, 7) is 2.30. The molecule has 0 radical (unpaired) electrons. The number of nitrogens with zero attached hydrogens (tertiary/aromatic N) is 5. The molecule has 0 spiro atoms. The SMILES string of the molecule is Nc1nnc(-c2ccccc2O)c2nc3n(c12)CCN(c1ccccc1)C3. The fourth-order valence-electron chi connectivity index (χ4n) is 3.67. The number of aromatic nitrogens is 4. The third-order valence-corrected chi connectivity index (χ3v) is 4.98. The number of nitrogens with two attached hydrogens (primary N) is 1. The molecular weight excluding hydrogens is 340 g/mol. The molecule has 4 aromatic rings. The standard InChI is InChI=1S/C20H18N6O/c21-20-19-18(17(23-24-20)14-8-4-5-9-15(14)27)22-16-12-25(10-11-26(16)19)13-6-2-1-3-7-13/h1-9,27H,10-12H2,(H2,21,24). The molecule has 0 atom stereocenters. The van der Waals surface area contributed by atoms with Gasteiger partial charge in [-0.3, -0.25) is 0 Å². The van der Waals surface area contributed by atoms with Crippen LogP contribution in [-0.4, -0.2) is 31.4 Å². The molecule has 7 heteroatoms. The van der Waals surface area contributed by atoms with Crippen molar-refractivity contribution in [3.63, 3.8) is 0 Å². The van der Waals surface area contributed by atoms with Crippen LogP contribution >= 0.6 is 0 Å². The smallest absolute Gasteiger partial charge is 0.172 e. The van der Waals surface area contributed by atoms with Crippen LogP contribution in [0.4, 0.5) is 11.5 Å². The lowest BCUT2D eigenvalue weighted by molar-refractivity contribution is 0.477. The Balaban J connectivity index is 1.65. The van der Waals surface area contributed by atoms with Crippen LogP contribution in [0.1, 0.15) is 5.82 Å². The zero-order valence-corrected chi connectivity index (χ0v) is 14.6. The quantitative estimate of drug-likeness (QED) is 0.572. The minimum Gasteiger partial charge on any atom is -0.507 e. The molecule has 2 aromatic carbocycles. The second-order valence-electron chi connectivity index (χ2n) is 6.58. The number of nitrogen functional groups attached to an aromatic ring is 1. The second-order valence-corrected chi connectivity index (χ2v) is 6.58. The number of imidazole rings is 1. The van der Waals surface area contributed by atoms with Crippen LogP contribution in [0, 0.1) is 0 Å². The summed E-state index contributed by atoms with van der Waals surface area (Å²) < 4.78 is 2.11. The van der Waals surface area contributed by atoms with Gasteiger partial charge in [-0.05, 0) is 24.3 Å². The Morgan fingerprint density at radius 1 is 0.926 bits per heavy atom. The number of rotatable bonds is 2. The molecule has 2 aromatic heterocycles. The minimum atomic E-state index is 0.148. The highest BCUT2D eigenvalue weighted by Crippen LogP contribution is 2.35. The molecule has 0 amide bonds. The Morgan fingerprint density at radius 2 is 1.70 bits per heavy atom. The molecule has 3 N–H and O–H groups in total. The highest BCUT2D eigenvalue weighted by atomic mass is 16.3. The Morgan fingerprint density at radius 3 is 2.52 bits per heavy atom. The summed E-state index contributed by atoms with van der Waals surface area (Å²) >= 11 is 0. The number of phenols is 1. The molecule has 27 heavy (non-hydrogen) atoms. The third kappa shape index (κ3) is 2.47. The molecule has 0 aliphatic carbocycles. The van der Waals surface area contributed by atoms with E-state index in [1.165, 1.54) is 5.69 Å². The van der Waals surface area contributed by atoms with E-state index in [1.54, 1.807) is 12.1 Å². The molecule has 3 heterocycles. The molecule has 7 nitrogen and oxygen atoms in total. The average Bonchev–Trinajstić information content (AvgIpc) is 3.09. The van der Waals surface area contributed by atoms with Crippen LogP contribution in [0.25, 0.3) is 22.3 Å². The monoisotopic (exact) mass is 358 g/mol. The van der Waals surface area contributed by atoms with Crippen molar-refractivity contribution in [1.82, 2.24) is 19.7 Å². The molecule has 1 aliphatic rings. The lowest BCUT2D eigenvalue weighted by Crippen LogP contribution is -2.33. The van der Waals surface area contributed by atoms with Gasteiger partial charge in [0, 0.05) is 24.3 Å². The molecule has 0 saturated heterocycles. The number of fused-ring (bicyclic) bond motifs is 3. The maximum Gasteiger partial charge on any atom is 0.172 e. The molecule has 5 rings (SSSR count). The van der Waals surface area contributed by atoms with Crippen molar-refractivity contribution in [1.29, 1.82) is 0 Å². The van der Waals surface area contributed by atoms with Gasteiger partial charge in [0.25, 0.3) is 0 Å². The molecule has 0 unspecified atom stereocenters. The van der Waals surface area contributed by atoms with Crippen molar-refractivity contribution < 1.29 is 5.11 Å². The van der Waals surface area contributed by atoms with Crippen molar-refractivity contribution in [2.75, 3.05) is 17.2 Å². The van der Waals surface area contributed by atoms with Crippen LogP contribution in [0.3, 0.4) is 0 Å². The molecule has 134 valence electrons. The van der Waals surface area contributed by atoms with E-state index in [2.05, 4.69) is 31.8 Å².